The van der Waals surface area contributed by atoms with Crippen molar-refractivity contribution in [2.24, 2.45) is 17.6 Å². The minimum absolute atomic E-state index is 0.112. The molecule has 1 aromatic rings. The number of nitrogens with two attached hydrogens (primary N) is 1. The van der Waals surface area contributed by atoms with Gasteiger partial charge in [-0.25, -0.2) is 0 Å². The second-order valence-electron chi connectivity index (χ2n) is 7.76. The predicted molar refractivity (Wildman–Crippen MR) is 97.3 cm³/mol. The van der Waals surface area contributed by atoms with E-state index in [-0.39, 0.29) is 17.9 Å². The van der Waals surface area contributed by atoms with Crippen molar-refractivity contribution in [3.63, 3.8) is 0 Å². The van der Waals surface area contributed by atoms with Crippen LogP contribution in [0.15, 0.2) is 24.3 Å². The van der Waals surface area contributed by atoms with Crippen LogP contribution in [0.1, 0.15) is 50.2 Å². The molecule has 2 atom stereocenters. The van der Waals surface area contributed by atoms with Gasteiger partial charge in [0.1, 0.15) is 0 Å². The normalized spacial score (nSPS) is 25.8. The molecule has 1 amide bonds. The van der Waals surface area contributed by atoms with Crippen molar-refractivity contribution in [1.29, 1.82) is 0 Å². The molecule has 1 aromatic carbocycles. The molecule has 0 bridgehead atoms. The lowest BCUT2D eigenvalue weighted by molar-refractivity contribution is -0.125. The molecule has 2 aliphatic rings. The Morgan fingerprint density at radius 2 is 1.79 bits per heavy atom. The third kappa shape index (κ3) is 4.81. The van der Waals surface area contributed by atoms with Crippen LogP contribution in [-0.4, -0.2) is 29.9 Å². The van der Waals surface area contributed by atoms with Gasteiger partial charge < -0.3 is 11.1 Å². The van der Waals surface area contributed by atoms with Gasteiger partial charge in [0, 0.05) is 25.0 Å². The van der Waals surface area contributed by atoms with E-state index in [1.54, 1.807) is 0 Å². The lowest BCUT2D eigenvalue weighted by Crippen LogP contribution is -2.32. The molecule has 2 unspecified atom stereocenters. The summed E-state index contributed by atoms with van der Waals surface area (Å²) in [6.45, 7) is 6.43. The standard InChI is InChI=1S/C20H31N3O/c1-15-8-10-23(11-9-15)14-17-4-2-16(3-5-17)13-22-20(24)18-6-7-19(21)12-18/h2-5,15,18-19H,6-14,21H2,1H3,(H,22,24). The summed E-state index contributed by atoms with van der Waals surface area (Å²) < 4.78 is 0. The van der Waals surface area contributed by atoms with Crippen LogP contribution in [0, 0.1) is 11.8 Å². The first-order valence-corrected chi connectivity index (χ1v) is 9.43. The molecule has 4 nitrogen and oxygen atoms in total. The van der Waals surface area contributed by atoms with Crippen molar-refractivity contribution in [1.82, 2.24) is 10.2 Å². The van der Waals surface area contributed by atoms with Gasteiger partial charge in [-0.05, 0) is 62.2 Å². The zero-order valence-corrected chi connectivity index (χ0v) is 14.8. The molecule has 1 aliphatic carbocycles. The van der Waals surface area contributed by atoms with Gasteiger partial charge in [0.25, 0.3) is 0 Å². The van der Waals surface area contributed by atoms with Gasteiger partial charge in [0.05, 0.1) is 0 Å². The molecule has 24 heavy (non-hydrogen) atoms. The SMILES string of the molecule is CC1CCN(Cc2ccc(CNC(=O)C3CCC(N)C3)cc2)CC1. The summed E-state index contributed by atoms with van der Waals surface area (Å²) in [5.41, 5.74) is 8.42. The number of hydrogen-bond acceptors (Lipinski definition) is 3. The Hall–Kier alpha value is -1.39. The predicted octanol–water partition coefficient (Wildman–Crippen LogP) is 2.66. The molecule has 4 heteroatoms. The molecule has 2 fully saturated rings. The van der Waals surface area contributed by atoms with E-state index in [4.69, 9.17) is 5.73 Å². The molecule has 3 rings (SSSR count). The molecule has 1 aliphatic heterocycles. The number of benzene rings is 1. The van der Waals surface area contributed by atoms with Crippen LogP contribution in [0.3, 0.4) is 0 Å². The number of amides is 1. The topological polar surface area (TPSA) is 58.4 Å². The van der Waals surface area contributed by atoms with Crippen LogP contribution < -0.4 is 11.1 Å². The van der Waals surface area contributed by atoms with Gasteiger partial charge in [-0.1, -0.05) is 31.2 Å². The van der Waals surface area contributed by atoms with Crippen LogP contribution in [0.5, 0.6) is 0 Å². The Labute approximate surface area is 145 Å². The van der Waals surface area contributed by atoms with Crippen LogP contribution >= 0.6 is 0 Å². The Bertz CT molecular complexity index is 534. The molecular weight excluding hydrogens is 298 g/mol. The van der Waals surface area contributed by atoms with Crippen molar-refractivity contribution in [2.75, 3.05) is 13.1 Å². The average Bonchev–Trinajstić information content (AvgIpc) is 3.03. The summed E-state index contributed by atoms with van der Waals surface area (Å²) in [6.07, 6.45) is 5.37. The Morgan fingerprint density at radius 1 is 1.12 bits per heavy atom. The Kier molecular flexibility index (Phi) is 5.90. The van der Waals surface area contributed by atoms with Crippen LogP contribution in [0.25, 0.3) is 0 Å². The molecule has 0 spiro atoms. The number of rotatable bonds is 5. The summed E-state index contributed by atoms with van der Waals surface area (Å²) in [5, 5.41) is 3.06. The first kappa shape index (κ1) is 17.4. The van der Waals surface area contributed by atoms with E-state index in [0.29, 0.717) is 6.54 Å². The lowest BCUT2D eigenvalue weighted by Gasteiger charge is -2.30. The van der Waals surface area contributed by atoms with Crippen LogP contribution in [-0.2, 0) is 17.9 Å². The summed E-state index contributed by atoms with van der Waals surface area (Å²) in [7, 11) is 0. The fraction of sp³-hybridized carbons (Fsp3) is 0.650. The van der Waals surface area contributed by atoms with Crippen molar-refractivity contribution in [3.05, 3.63) is 35.4 Å². The van der Waals surface area contributed by atoms with Gasteiger partial charge in [-0.15, -0.1) is 0 Å². The third-order valence-corrected chi connectivity index (χ3v) is 5.62. The quantitative estimate of drug-likeness (QED) is 0.873. The molecule has 0 radical (unpaired) electrons. The number of nitrogens with one attached hydrogen (secondary N) is 1. The molecule has 3 N–H and O–H groups in total. The summed E-state index contributed by atoms with van der Waals surface area (Å²) in [6, 6.07) is 8.89. The second kappa shape index (κ2) is 8.13. The highest BCUT2D eigenvalue weighted by molar-refractivity contribution is 5.79. The molecule has 1 saturated heterocycles. The van der Waals surface area contributed by atoms with Gasteiger partial charge >= 0.3 is 0 Å². The molecule has 1 heterocycles. The van der Waals surface area contributed by atoms with Crippen LogP contribution in [0.2, 0.25) is 0 Å². The van der Waals surface area contributed by atoms with Crippen molar-refractivity contribution >= 4 is 5.91 Å². The fourth-order valence-corrected chi connectivity index (χ4v) is 3.83. The highest BCUT2D eigenvalue weighted by Crippen LogP contribution is 2.24. The van der Waals surface area contributed by atoms with Crippen LogP contribution in [0.4, 0.5) is 0 Å². The summed E-state index contributed by atoms with van der Waals surface area (Å²) in [5.74, 6) is 1.15. The molecular formula is C20H31N3O. The van der Waals surface area contributed by atoms with Gasteiger partial charge in [-0.2, -0.15) is 0 Å². The van der Waals surface area contributed by atoms with E-state index in [1.807, 2.05) is 0 Å². The summed E-state index contributed by atoms with van der Waals surface area (Å²) in [4.78, 5) is 14.7. The molecule has 132 valence electrons. The third-order valence-electron chi connectivity index (χ3n) is 5.62. The van der Waals surface area contributed by atoms with Crippen molar-refractivity contribution < 1.29 is 4.79 Å². The first-order valence-electron chi connectivity index (χ1n) is 9.43. The minimum atomic E-state index is 0.112. The fourth-order valence-electron chi connectivity index (χ4n) is 3.83. The van der Waals surface area contributed by atoms with E-state index in [1.165, 1.54) is 37.1 Å². The highest BCUT2D eigenvalue weighted by atomic mass is 16.1. The van der Waals surface area contributed by atoms with E-state index in [0.717, 1.165) is 31.7 Å². The summed E-state index contributed by atoms with van der Waals surface area (Å²) >= 11 is 0. The average molecular weight is 329 g/mol. The highest BCUT2D eigenvalue weighted by Gasteiger charge is 2.27. The zero-order chi connectivity index (χ0) is 16.9. The second-order valence-corrected chi connectivity index (χ2v) is 7.76. The minimum Gasteiger partial charge on any atom is -0.352 e. The van der Waals surface area contributed by atoms with E-state index >= 15 is 0 Å². The Morgan fingerprint density at radius 3 is 2.42 bits per heavy atom. The Balaban J connectivity index is 1.43. The maximum Gasteiger partial charge on any atom is 0.223 e. The van der Waals surface area contributed by atoms with Gasteiger partial charge in [0.15, 0.2) is 0 Å². The first-order chi connectivity index (χ1) is 11.6. The lowest BCUT2D eigenvalue weighted by atomic mass is 9.99. The molecule has 1 saturated carbocycles. The van der Waals surface area contributed by atoms with Gasteiger partial charge in [-0.3, -0.25) is 9.69 Å². The number of hydrogen-bond donors (Lipinski definition) is 2. The number of carbonyl (C=O) groups is 1. The van der Waals surface area contributed by atoms with Gasteiger partial charge in [0.2, 0.25) is 5.91 Å². The number of piperidine rings is 1. The monoisotopic (exact) mass is 329 g/mol. The maximum absolute atomic E-state index is 12.1. The van der Waals surface area contributed by atoms with E-state index in [2.05, 4.69) is 41.4 Å². The number of carbonyl (C=O) groups excluding carboxylic acids is 1. The van der Waals surface area contributed by atoms with Crippen molar-refractivity contribution in [2.45, 2.75) is 58.2 Å². The van der Waals surface area contributed by atoms with E-state index < -0.39 is 0 Å². The zero-order valence-electron chi connectivity index (χ0n) is 14.8. The number of likely N-dealkylation sites (tertiary alicyclic amines) is 1. The largest absolute Gasteiger partial charge is 0.352 e. The number of nitrogens with zero attached hydrogens (tertiary/aromatic N) is 1. The van der Waals surface area contributed by atoms with E-state index in [9.17, 15) is 4.79 Å². The maximum atomic E-state index is 12.1. The van der Waals surface area contributed by atoms with Crippen molar-refractivity contribution in [3.8, 4) is 0 Å². The molecule has 0 aromatic heterocycles. The smallest absolute Gasteiger partial charge is 0.223 e.